The molecule has 0 amide bonds. The average molecular weight is 316 g/mol. The summed E-state index contributed by atoms with van der Waals surface area (Å²) in [7, 11) is 0. The molecule has 2 heterocycles. The van der Waals surface area contributed by atoms with Gasteiger partial charge in [-0.3, -0.25) is 0 Å². The van der Waals surface area contributed by atoms with E-state index >= 15 is 0 Å². The molecule has 0 atom stereocenters. The molecule has 2 aromatic heterocycles. The minimum absolute atomic E-state index is 0.287. The molecular weight excluding hydrogens is 307 g/mol. The van der Waals surface area contributed by atoms with Crippen LogP contribution in [0.3, 0.4) is 0 Å². The minimum Gasteiger partial charge on any atom is -0.238 e. The number of aryl methyl sites for hydroxylation is 1. The molecule has 0 spiro atoms. The Hall–Kier alpha value is -2.04. The first-order valence-electron chi connectivity index (χ1n) is 6.08. The summed E-state index contributed by atoms with van der Waals surface area (Å²) < 4.78 is 14.0. The van der Waals surface area contributed by atoms with Crippen LogP contribution in [0.25, 0.3) is 21.5 Å². The van der Waals surface area contributed by atoms with Gasteiger partial charge in [-0.25, -0.2) is 9.37 Å². The highest BCUT2D eigenvalue weighted by molar-refractivity contribution is 7.99. The Morgan fingerprint density at radius 3 is 2.76 bits per heavy atom. The number of nitrogens with zero attached hydrogens (tertiary/aromatic N) is 4. The third-order valence-corrected chi connectivity index (χ3v) is 4.58. The molecule has 0 radical (unpaired) electrons. The zero-order valence-electron chi connectivity index (χ0n) is 11.0. The molecule has 0 saturated heterocycles. The number of rotatable bonds is 3. The van der Waals surface area contributed by atoms with Crippen molar-refractivity contribution in [2.24, 2.45) is 0 Å². The van der Waals surface area contributed by atoms with Crippen molar-refractivity contribution < 1.29 is 4.39 Å². The molecule has 0 fully saturated rings. The topological polar surface area (TPSA) is 62.5 Å². The minimum atomic E-state index is -0.287. The smallest absolute Gasteiger partial charge is 0.147 e. The van der Waals surface area contributed by atoms with Gasteiger partial charge in [0.25, 0.3) is 0 Å². The van der Waals surface area contributed by atoms with Crippen molar-refractivity contribution in [3.8, 4) is 17.3 Å². The van der Waals surface area contributed by atoms with Gasteiger partial charge in [0.05, 0.1) is 21.5 Å². The molecule has 0 saturated carbocycles. The number of thiazole rings is 1. The SMILES string of the molecule is Cc1nc2c(SCC#N)nnc(-c3ccc(F)cc3)c2s1. The number of aromatic nitrogens is 3. The maximum absolute atomic E-state index is 13.0. The van der Waals surface area contributed by atoms with E-state index in [1.807, 2.05) is 6.92 Å². The van der Waals surface area contributed by atoms with Crippen molar-refractivity contribution in [2.45, 2.75) is 11.9 Å². The van der Waals surface area contributed by atoms with E-state index in [-0.39, 0.29) is 5.82 Å². The van der Waals surface area contributed by atoms with Gasteiger partial charge in [0.2, 0.25) is 0 Å². The second-order valence-electron chi connectivity index (χ2n) is 4.22. The Kier molecular flexibility index (Phi) is 3.82. The molecule has 3 aromatic rings. The maximum Gasteiger partial charge on any atom is 0.147 e. The predicted octanol–water partition coefficient (Wildman–Crippen LogP) is 3.82. The van der Waals surface area contributed by atoms with Crippen LogP contribution < -0.4 is 0 Å². The van der Waals surface area contributed by atoms with Gasteiger partial charge < -0.3 is 0 Å². The van der Waals surface area contributed by atoms with Gasteiger partial charge in [-0.15, -0.1) is 21.5 Å². The fourth-order valence-electron chi connectivity index (χ4n) is 1.92. The number of benzene rings is 1. The molecule has 21 heavy (non-hydrogen) atoms. The molecule has 0 aliphatic rings. The molecule has 0 aliphatic carbocycles. The van der Waals surface area contributed by atoms with Crippen molar-refractivity contribution in [1.29, 1.82) is 5.26 Å². The van der Waals surface area contributed by atoms with Crippen LogP contribution in [0.1, 0.15) is 5.01 Å². The quantitative estimate of drug-likeness (QED) is 0.687. The first-order valence-corrected chi connectivity index (χ1v) is 7.89. The van der Waals surface area contributed by atoms with Gasteiger partial charge in [0, 0.05) is 5.56 Å². The summed E-state index contributed by atoms with van der Waals surface area (Å²) in [5, 5.41) is 18.7. The second kappa shape index (κ2) is 5.76. The monoisotopic (exact) mass is 316 g/mol. The zero-order chi connectivity index (χ0) is 14.8. The van der Waals surface area contributed by atoms with Crippen LogP contribution >= 0.6 is 23.1 Å². The Balaban J connectivity index is 2.17. The van der Waals surface area contributed by atoms with Crippen LogP contribution in [0, 0.1) is 24.1 Å². The molecule has 4 nitrogen and oxygen atoms in total. The van der Waals surface area contributed by atoms with Crippen LogP contribution in [-0.2, 0) is 0 Å². The molecule has 104 valence electrons. The summed E-state index contributed by atoms with van der Waals surface area (Å²) >= 11 is 2.84. The lowest BCUT2D eigenvalue weighted by Crippen LogP contribution is -1.92. The summed E-state index contributed by atoms with van der Waals surface area (Å²) in [6, 6.07) is 8.22. The lowest BCUT2D eigenvalue weighted by atomic mass is 10.1. The number of hydrogen-bond acceptors (Lipinski definition) is 6. The first-order chi connectivity index (χ1) is 10.2. The van der Waals surface area contributed by atoms with Crippen molar-refractivity contribution >= 4 is 33.3 Å². The van der Waals surface area contributed by atoms with Crippen LogP contribution in [-0.4, -0.2) is 20.9 Å². The molecule has 0 N–H and O–H groups in total. The summed E-state index contributed by atoms with van der Waals surface area (Å²) in [4.78, 5) is 4.48. The van der Waals surface area contributed by atoms with Gasteiger partial charge in [-0.2, -0.15) is 5.26 Å². The number of thioether (sulfide) groups is 1. The number of hydrogen-bond donors (Lipinski definition) is 0. The Labute approximate surface area is 128 Å². The normalized spacial score (nSPS) is 10.7. The van der Waals surface area contributed by atoms with Gasteiger partial charge in [-0.1, -0.05) is 11.8 Å². The zero-order valence-corrected chi connectivity index (χ0v) is 12.6. The van der Waals surface area contributed by atoms with Crippen molar-refractivity contribution in [1.82, 2.24) is 15.2 Å². The van der Waals surface area contributed by atoms with E-state index in [9.17, 15) is 4.39 Å². The highest BCUT2D eigenvalue weighted by atomic mass is 32.2. The third kappa shape index (κ3) is 2.73. The van der Waals surface area contributed by atoms with Gasteiger partial charge in [-0.05, 0) is 31.2 Å². The average Bonchev–Trinajstić information content (AvgIpc) is 2.87. The van der Waals surface area contributed by atoms with Crippen molar-refractivity contribution in [3.05, 3.63) is 35.1 Å². The van der Waals surface area contributed by atoms with E-state index in [0.29, 0.717) is 16.5 Å². The third-order valence-electron chi connectivity index (χ3n) is 2.78. The molecule has 0 bridgehead atoms. The van der Waals surface area contributed by atoms with Crippen LogP contribution in [0.4, 0.5) is 4.39 Å². The van der Waals surface area contributed by atoms with E-state index in [4.69, 9.17) is 5.26 Å². The van der Waals surface area contributed by atoms with Crippen molar-refractivity contribution in [3.63, 3.8) is 0 Å². The van der Waals surface area contributed by atoms with E-state index < -0.39 is 0 Å². The standard InChI is InChI=1S/C14H9FN4S2/c1-8-17-12-13(21-8)11(9-2-4-10(15)5-3-9)18-19-14(12)20-7-6-16/h2-5H,7H2,1H3. The molecule has 1 aromatic carbocycles. The Morgan fingerprint density at radius 1 is 1.29 bits per heavy atom. The highest BCUT2D eigenvalue weighted by Crippen LogP contribution is 2.35. The van der Waals surface area contributed by atoms with Crippen LogP contribution in [0.2, 0.25) is 0 Å². The predicted molar refractivity (Wildman–Crippen MR) is 81.7 cm³/mol. The van der Waals surface area contributed by atoms with Gasteiger partial charge in [0.15, 0.2) is 0 Å². The van der Waals surface area contributed by atoms with Crippen molar-refractivity contribution in [2.75, 3.05) is 5.75 Å². The second-order valence-corrected chi connectivity index (χ2v) is 6.39. The maximum atomic E-state index is 13.0. The molecule has 0 aliphatic heterocycles. The van der Waals surface area contributed by atoms with E-state index in [0.717, 1.165) is 20.8 Å². The van der Waals surface area contributed by atoms with Crippen LogP contribution in [0.15, 0.2) is 29.3 Å². The number of halogens is 1. The molecule has 0 unspecified atom stereocenters. The summed E-state index contributed by atoms with van der Waals surface area (Å²) in [5.74, 6) is 0.0145. The highest BCUT2D eigenvalue weighted by Gasteiger charge is 2.15. The fraction of sp³-hybridized carbons (Fsp3) is 0.143. The summed E-state index contributed by atoms with van der Waals surface area (Å²) in [6.45, 7) is 1.91. The Bertz CT molecular complexity index is 837. The van der Waals surface area contributed by atoms with E-state index in [1.165, 1.54) is 35.2 Å². The number of nitriles is 1. The summed E-state index contributed by atoms with van der Waals surface area (Å²) in [6.07, 6.45) is 0. The number of fused-ring (bicyclic) bond motifs is 1. The fourth-order valence-corrected chi connectivity index (χ4v) is 3.49. The Morgan fingerprint density at radius 2 is 2.05 bits per heavy atom. The largest absolute Gasteiger partial charge is 0.238 e. The van der Waals surface area contributed by atoms with Gasteiger partial charge in [0.1, 0.15) is 22.1 Å². The molecule has 7 heteroatoms. The first kappa shape index (κ1) is 13.9. The van der Waals surface area contributed by atoms with Crippen LogP contribution in [0.5, 0.6) is 0 Å². The lowest BCUT2D eigenvalue weighted by molar-refractivity contribution is 0.628. The molecular formula is C14H9FN4S2. The molecule has 3 rings (SSSR count). The van der Waals surface area contributed by atoms with Gasteiger partial charge >= 0.3 is 0 Å². The van der Waals surface area contributed by atoms with E-state index in [2.05, 4.69) is 21.3 Å². The van der Waals surface area contributed by atoms with E-state index in [1.54, 1.807) is 12.1 Å². The lowest BCUT2D eigenvalue weighted by Gasteiger charge is -2.03. The summed E-state index contributed by atoms with van der Waals surface area (Å²) in [5.41, 5.74) is 2.25.